The number of aromatic nitrogens is 3. The molecule has 2 heterocycles. The van der Waals surface area contributed by atoms with Crippen molar-refractivity contribution in [2.24, 2.45) is 0 Å². The summed E-state index contributed by atoms with van der Waals surface area (Å²) in [4.78, 5) is 4.36. The number of pyridine rings is 1. The third kappa shape index (κ3) is 2.46. The van der Waals surface area contributed by atoms with Crippen LogP contribution in [0.3, 0.4) is 0 Å². The molecule has 0 saturated carbocycles. The minimum Gasteiger partial charge on any atom is -0.310 e. The summed E-state index contributed by atoms with van der Waals surface area (Å²) >= 11 is 0. The van der Waals surface area contributed by atoms with Gasteiger partial charge in [0.25, 0.3) is 0 Å². The summed E-state index contributed by atoms with van der Waals surface area (Å²) in [6.45, 7) is 5.06. The highest BCUT2D eigenvalue weighted by molar-refractivity contribution is 5.32. The number of hydrogen-bond donors (Lipinski definition) is 1. The lowest BCUT2D eigenvalue weighted by Crippen LogP contribution is -2.23. The third-order valence-electron chi connectivity index (χ3n) is 2.29. The average molecular weight is 216 g/mol. The van der Waals surface area contributed by atoms with Gasteiger partial charge in [-0.2, -0.15) is 5.10 Å². The molecular formula is C12H16N4. The van der Waals surface area contributed by atoms with E-state index in [1.54, 1.807) is 17.1 Å². The Labute approximate surface area is 95.3 Å². The van der Waals surface area contributed by atoms with Crippen molar-refractivity contribution in [3.8, 4) is 5.82 Å². The Bertz CT molecular complexity index is 434. The van der Waals surface area contributed by atoms with E-state index in [0.29, 0.717) is 6.04 Å². The van der Waals surface area contributed by atoms with E-state index in [1.807, 2.05) is 18.3 Å². The maximum absolute atomic E-state index is 4.36. The second kappa shape index (κ2) is 4.90. The quantitative estimate of drug-likeness (QED) is 0.847. The molecule has 4 heteroatoms. The topological polar surface area (TPSA) is 42.7 Å². The van der Waals surface area contributed by atoms with Gasteiger partial charge in [0.05, 0.1) is 0 Å². The van der Waals surface area contributed by atoms with Crippen molar-refractivity contribution < 1.29 is 0 Å². The number of rotatable bonds is 4. The fraction of sp³-hybridized carbons (Fsp3) is 0.333. The molecule has 0 aliphatic carbocycles. The van der Waals surface area contributed by atoms with Crippen LogP contribution in [0.1, 0.15) is 19.4 Å². The Morgan fingerprint density at radius 2 is 2.19 bits per heavy atom. The van der Waals surface area contributed by atoms with Gasteiger partial charge in [-0.05, 0) is 12.1 Å². The Kier molecular flexibility index (Phi) is 3.31. The summed E-state index contributed by atoms with van der Waals surface area (Å²) in [7, 11) is 0. The van der Waals surface area contributed by atoms with Gasteiger partial charge in [-0.1, -0.05) is 19.9 Å². The van der Waals surface area contributed by atoms with Crippen molar-refractivity contribution in [3.63, 3.8) is 0 Å². The zero-order valence-electron chi connectivity index (χ0n) is 9.59. The Morgan fingerprint density at radius 3 is 2.88 bits per heavy atom. The van der Waals surface area contributed by atoms with E-state index in [2.05, 4.69) is 35.3 Å². The molecule has 0 atom stereocenters. The average Bonchev–Trinajstić information content (AvgIpc) is 2.80. The molecule has 16 heavy (non-hydrogen) atoms. The summed E-state index contributed by atoms with van der Waals surface area (Å²) in [6, 6.07) is 6.38. The van der Waals surface area contributed by atoms with Crippen LogP contribution in [0.2, 0.25) is 0 Å². The lowest BCUT2D eigenvalue weighted by molar-refractivity contribution is 0.585. The molecule has 2 rings (SSSR count). The normalized spacial score (nSPS) is 10.9. The van der Waals surface area contributed by atoms with Crippen molar-refractivity contribution in [2.45, 2.75) is 26.4 Å². The van der Waals surface area contributed by atoms with Crippen molar-refractivity contribution in [2.75, 3.05) is 0 Å². The molecule has 0 amide bonds. The SMILES string of the molecule is CC(C)NCc1cccnc1-n1cccn1. The van der Waals surface area contributed by atoms with Crippen LogP contribution in [0.15, 0.2) is 36.8 Å². The first-order valence-corrected chi connectivity index (χ1v) is 5.44. The summed E-state index contributed by atoms with van der Waals surface area (Å²) in [5.74, 6) is 0.889. The minimum atomic E-state index is 0.464. The molecule has 1 N–H and O–H groups in total. The lowest BCUT2D eigenvalue weighted by Gasteiger charge is -2.11. The van der Waals surface area contributed by atoms with Gasteiger partial charge >= 0.3 is 0 Å². The van der Waals surface area contributed by atoms with Crippen molar-refractivity contribution in [1.82, 2.24) is 20.1 Å². The summed E-state index contributed by atoms with van der Waals surface area (Å²) in [6.07, 6.45) is 5.45. The zero-order valence-corrected chi connectivity index (χ0v) is 9.59. The Morgan fingerprint density at radius 1 is 1.31 bits per heavy atom. The zero-order chi connectivity index (χ0) is 11.4. The van der Waals surface area contributed by atoms with Gasteiger partial charge < -0.3 is 5.32 Å². The van der Waals surface area contributed by atoms with Crippen molar-refractivity contribution in [3.05, 3.63) is 42.4 Å². The first-order chi connectivity index (χ1) is 7.77. The van der Waals surface area contributed by atoms with E-state index in [9.17, 15) is 0 Å². The first-order valence-electron chi connectivity index (χ1n) is 5.44. The monoisotopic (exact) mass is 216 g/mol. The van der Waals surface area contributed by atoms with E-state index in [1.165, 1.54) is 0 Å². The molecule has 84 valence electrons. The maximum atomic E-state index is 4.36. The lowest BCUT2D eigenvalue weighted by atomic mass is 10.2. The van der Waals surface area contributed by atoms with Crippen LogP contribution in [-0.2, 0) is 6.54 Å². The first kappa shape index (κ1) is 10.8. The van der Waals surface area contributed by atoms with E-state index in [4.69, 9.17) is 0 Å². The van der Waals surface area contributed by atoms with Crippen LogP contribution in [0, 0.1) is 0 Å². The van der Waals surface area contributed by atoms with Gasteiger partial charge in [0.1, 0.15) is 0 Å². The Balaban J connectivity index is 2.24. The maximum Gasteiger partial charge on any atom is 0.157 e. The fourth-order valence-electron chi connectivity index (χ4n) is 1.48. The molecule has 0 saturated heterocycles. The third-order valence-corrected chi connectivity index (χ3v) is 2.29. The summed E-state index contributed by atoms with van der Waals surface area (Å²) < 4.78 is 1.79. The predicted molar refractivity (Wildman–Crippen MR) is 63.3 cm³/mol. The number of nitrogens with zero attached hydrogens (tertiary/aromatic N) is 3. The Hall–Kier alpha value is -1.68. The van der Waals surface area contributed by atoms with E-state index < -0.39 is 0 Å². The number of nitrogens with one attached hydrogen (secondary N) is 1. The van der Waals surface area contributed by atoms with Crippen LogP contribution in [-0.4, -0.2) is 20.8 Å². The number of hydrogen-bond acceptors (Lipinski definition) is 3. The summed E-state index contributed by atoms with van der Waals surface area (Å²) in [5.41, 5.74) is 1.15. The molecular weight excluding hydrogens is 200 g/mol. The van der Waals surface area contributed by atoms with E-state index >= 15 is 0 Å². The molecule has 0 fully saturated rings. The van der Waals surface area contributed by atoms with Crippen LogP contribution >= 0.6 is 0 Å². The second-order valence-corrected chi connectivity index (χ2v) is 3.97. The van der Waals surface area contributed by atoms with Gasteiger partial charge in [-0.3, -0.25) is 0 Å². The molecule has 2 aromatic rings. The van der Waals surface area contributed by atoms with Gasteiger partial charge in [0.2, 0.25) is 0 Å². The van der Waals surface area contributed by atoms with Gasteiger partial charge in [0.15, 0.2) is 5.82 Å². The van der Waals surface area contributed by atoms with Gasteiger partial charge in [0, 0.05) is 36.7 Å². The van der Waals surface area contributed by atoms with E-state index in [-0.39, 0.29) is 0 Å². The van der Waals surface area contributed by atoms with Gasteiger partial charge in [-0.25, -0.2) is 9.67 Å². The van der Waals surface area contributed by atoms with Crippen LogP contribution in [0.5, 0.6) is 0 Å². The van der Waals surface area contributed by atoms with Crippen molar-refractivity contribution in [1.29, 1.82) is 0 Å². The standard InChI is InChI=1S/C12H16N4/c1-10(2)14-9-11-5-3-6-13-12(11)16-8-4-7-15-16/h3-8,10,14H,9H2,1-2H3. The highest BCUT2D eigenvalue weighted by Crippen LogP contribution is 2.09. The highest BCUT2D eigenvalue weighted by atomic mass is 15.3. The second-order valence-electron chi connectivity index (χ2n) is 3.97. The van der Waals surface area contributed by atoms with Crippen molar-refractivity contribution >= 4 is 0 Å². The highest BCUT2D eigenvalue weighted by Gasteiger charge is 2.05. The van der Waals surface area contributed by atoms with Crippen LogP contribution in [0.4, 0.5) is 0 Å². The fourth-order valence-corrected chi connectivity index (χ4v) is 1.48. The molecule has 0 unspecified atom stereocenters. The largest absolute Gasteiger partial charge is 0.310 e. The van der Waals surface area contributed by atoms with E-state index in [0.717, 1.165) is 17.9 Å². The molecule has 0 bridgehead atoms. The molecule has 0 aliphatic heterocycles. The van der Waals surface area contributed by atoms with Gasteiger partial charge in [-0.15, -0.1) is 0 Å². The minimum absolute atomic E-state index is 0.464. The summed E-state index contributed by atoms with van der Waals surface area (Å²) in [5, 5.41) is 7.58. The predicted octanol–water partition coefficient (Wildman–Crippen LogP) is 1.77. The molecule has 0 aliphatic rings. The smallest absolute Gasteiger partial charge is 0.157 e. The molecule has 0 aromatic carbocycles. The molecule has 0 radical (unpaired) electrons. The molecule has 4 nitrogen and oxygen atoms in total. The molecule has 2 aromatic heterocycles. The van der Waals surface area contributed by atoms with Crippen LogP contribution in [0.25, 0.3) is 5.82 Å². The van der Waals surface area contributed by atoms with Crippen LogP contribution < -0.4 is 5.32 Å². The molecule has 0 spiro atoms.